The highest BCUT2D eigenvalue weighted by molar-refractivity contribution is 7.09. The molecule has 0 radical (unpaired) electrons. The van der Waals surface area contributed by atoms with Gasteiger partial charge in [0.2, 0.25) is 5.65 Å². The van der Waals surface area contributed by atoms with Gasteiger partial charge >= 0.3 is 0 Å². The first-order valence-electron chi connectivity index (χ1n) is 5.32. The quantitative estimate of drug-likeness (QED) is 0.551. The van der Waals surface area contributed by atoms with E-state index in [2.05, 4.69) is 15.4 Å². The Morgan fingerprint density at radius 1 is 1.50 bits per heavy atom. The van der Waals surface area contributed by atoms with Crippen LogP contribution in [0.15, 0.2) is 36.1 Å². The predicted octanol–water partition coefficient (Wildman–Crippen LogP) is 1.66. The lowest BCUT2D eigenvalue weighted by atomic mass is 10.5. The first-order valence-corrected chi connectivity index (χ1v) is 6.20. The Bertz CT molecular complexity index is 649. The number of nitrogen functional groups attached to an aromatic ring is 1. The third kappa shape index (κ3) is 2.01. The molecule has 3 rings (SSSR count). The van der Waals surface area contributed by atoms with E-state index in [1.807, 2.05) is 28.1 Å². The molecule has 3 N–H and O–H groups in total. The van der Waals surface area contributed by atoms with E-state index in [1.54, 1.807) is 23.7 Å². The fourth-order valence-corrected chi connectivity index (χ4v) is 2.22. The monoisotopic (exact) mass is 261 g/mol. The van der Waals surface area contributed by atoms with Crippen LogP contribution in [0.4, 0.5) is 5.82 Å². The number of hydrogen-bond acceptors (Lipinski definition) is 6. The number of nitrogens with two attached hydrogens (primary N) is 1. The van der Waals surface area contributed by atoms with Gasteiger partial charge in [0.15, 0.2) is 5.82 Å². The van der Waals surface area contributed by atoms with Crippen molar-refractivity contribution in [3.8, 4) is 5.88 Å². The molecule has 6 nitrogen and oxygen atoms in total. The molecular weight excluding hydrogens is 250 g/mol. The van der Waals surface area contributed by atoms with E-state index in [-0.39, 0.29) is 0 Å². The summed E-state index contributed by atoms with van der Waals surface area (Å²) in [6.45, 7) is 0.473. The van der Waals surface area contributed by atoms with Gasteiger partial charge in [-0.1, -0.05) is 6.07 Å². The fourth-order valence-electron chi connectivity index (χ4n) is 1.60. The smallest absolute Gasteiger partial charge is 0.260 e. The lowest BCUT2D eigenvalue weighted by molar-refractivity contribution is 0.300. The first kappa shape index (κ1) is 11.0. The van der Waals surface area contributed by atoms with Crippen LogP contribution in [0.3, 0.4) is 0 Å². The molecule has 3 aromatic rings. The molecule has 0 aromatic carbocycles. The summed E-state index contributed by atoms with van der Waals surface area (Å²) < 4.78 is 7.50. The molecule has 0 saturated carbocycles. The van der Waals surface area contributed by atoms with Gasteiger partial charge in [0.25, 0.3) is 5.88 Å². The highest BCUT2D eigenvalue weighted by Gasteiger charge is 2.08. The minimum Gasteiger partial charge on any atom is -0.469 e. The van der Waals surface area contributed by atoms with Gasteiger partial charge in [-0.25, -0.2) is 10.8 Å². The molecule has 3 heterocycles. The summed E-state index contributed by atoms with van der Waals surface area (Å²) in [6, 6.07) is 4.00. The first-order chi connectivity index (χ1) is 8.86. The number of nitrogens with one attached hydrogen (secondary N) is 1. The predicted molar refractivity (Wildman–Crippen MR) is 69.4 cm³/mol. The molecule has 3 aromatic heterocycles. The van der Waals surface area contributed by atoms with E-state index in [0.717, 1.165) is 4.88 Å². The summed E-state index contributed by atoms with van der Waals surface area (Å²) in [5.74, 6) is 6.36. The number of nitrogens with zero attached hydrogens (tertiary/aromatic N) is 3. The summed E-state index contributed by atoms with van der Waals surface area (Å²) in [5, 5.41) is 2.01. The highest BCUT2D eigenvalue weighted by atomic mass is 32.1. The molecule has 18 heavy (non-hydrogen) atoms. The Labute approximate surface area is 107 Å². The van der Waals surface area contributed by atoms with Crippen LogP contribution in [0.25, 0.3) is 5.65 Å². The molecule has 7 heteroatoms. The molecule has 0 aliphatic carbocycles. The summed E-state index contributed by atoms with van der Waals surface area (Å²) in [7, 11) is 0. The van der Waals surface area contributed by atoms with Gasteiger partial charge < -0.3 is 10.2 Å². The second-order valence-electron chi connectivity index (χ2n) is 3.60. The highest BCUT2D eigenvalue weighted by Crippen LogP contribution is 2.20. The van der Waals surface area contributed by atoms with Crippen molar-refractivity contribution in [3.63, 3.8) is 0 Å². The van der Waals surface area contributed by atoms with E-state index >= 15 is 0 Å². The molecule has 0 fully saturated rings. The van der Waals surface area contributed by atoms with E-state index in [9.17, 15) is 0 Å². The van der Waals surface area contributed by atoms with Crippen molar-refractivity contribution < 1.29 is 4.74 Å². The molecule has 0 amide bonds. The van der Waals surface area contributed by atoms with Crippen LogP contribution >= 0.6 is 11.3 Å². The van der Waals surface area contributed by atoms with Crippen molar-refractivity contribution in [1.82, 2.24) is 14.4 Å². The molecule has 0 atom stereocenters. The molecule has 92 valence electrons. The van der Waals surface area contributed by atoms with Crippen LogP contribution in [0.5, 0.6) is 5.88 Å². The number of thiophene rings is 1. The average Bonchev–Trinajstić information content (AvgIpc) is 3.06. The van der Waals surface area contributed by atoms with E-state index < -0.39 is 0 Å². The van der Waals surface area contributed by atoms with E-state index in [0.29, 0.717) is 24.0 Å². The molecule has 0 bridgehead atoms. The van der Waals surface area contributed by atoms with Gasteiger partial charge in [-0.2, -0.15) is 4.98 Å². The van der Waals surface area contributed by atoms with Crippen molar-refractivity contribution in [2.75, 3.05) is 5.43 Å². The number of hydrazine groups is 1. The minimum absolute atomic E-state index is 0.462. The second kappa shape index (κ2) is 4.63. The number of rotatable bonds is 4. The molecule has 0 aliphatic rings. The van der Waals surface area contributed by atoms with Gasteiger partial charge in [-0.15, -0.1) is 11.3 Å². The zero-order valence-electron chi connectivity index (χ0n) is 9.41. The Morgan fingerprint density at radius 3 is 3.22 bits per heavy atom. The van der Waals surface area contributed by atoms with Crippen LogP contribution in [-0.4, -0.2) is 14.4 Å². The molecule has 0 unspecified atom stereocenters. The minimum atomic E-state index is 0.462. The topological polar surface area (TPSA) is 77.5 Å². The van der Waals surface area contributed by atoms with Crippen LogP contribution in [0.1, 0.15) is 4.88 Å². The largest absolute Gasteiger partial charge is 0.469 e. The molecule has 0 aliphatic heterocycles. The van der Waals surface area contributed by atoms with Crippen molar-refractivity contribution in [1.29, 1.82) is 0 Å². The average molecular weight is 261 g/mol. The normalized spacial score (nSPS) is 10.7. The zero-order chi connectivity index (χ0) is 12.4. The SMILES string of the molecule is NNc1cn2ccnc2c(OCc2cccs2)n1. The Morgan fingerprint density at radius 2 is 2.44 bits per heavy atom. The van der Waals surface area contributed by atoms with Crippen LogP contribution < -0.4 is 16.0 Å². The van der Waals surface area contributed by atoms with Crippen molar-refractivity contribution in [2.45, 2.75) is 6.61 Å². The van der Waals surface area contributed by atoms with Crippen LogP contribution in [0, 0.1) is 0 Å². The maximum Gasteiger partial charge on any atom is 0.260 e. The second-order valence-corrected chi connectivity index (χ2v) is 4.63. The van der Waals surface area contributed by atoms with Gasteiger partial charge in [0, 0.05) is 17.3 Å². The Kier molecular flexibility index (Phi) is 2.83. The summed E-state index contributed by atoms with van der Waals surface area (Å²) in [6.07, 6.45) is 5.26. The lowest BCUT2D eigenvalue weighted by Crippen LogP contribution is -2.10. The molecular formula is C11H11N5OS. The summed E-state index contributed by atoms with van der Waals surface area (Å²) in [5.41, 5.74) is 3.18. The molecule has 0 spiro atoms. The van der Waals surface area contributed by atoms with E-state index in [1.165, 1.54) is 0 Å². The Hall–Kier alpha value is -2.12. The number of anilines is 1. The number of ether oxygens (including phenoxy) is 1. The van der Waals surface area contributed by atoms with Gasteiger partial charge in [0.05, 0.1) is 6.20 Å². The van der Waals surface area contributed by atoms with Gasteiger partial charge in [-0.3, -0.25) is 4.40 Å². The molecule has 0 saturated heterocycles. The van der Waals surface area contributed by atoms with Crippen molar-refractivity contribution >= 4 is 22.8 Å². The summed E-state index contributed by atoms with van der Waals surface area (Å²) >= 11 is 1.64. The van der Waals surface area contributed by atoms with E-state index in [4.69, 9.17) is 10.6 Å². The fraction of sp³-hybridized carbons (Fsp3) is 0.0909. The lowest BCUT2D eigenvalue weighted by Gasteiger charge is -2.07. The zero-order valence-corrected chi connectivity index (χ0v) is 10.2. The van der Waals surface area contributed by atoms with Crippen LogP contribution in [-0.2, 0) is 6.61 Å². The third-order valence-corrected chi connectivity index (χ3v) is 3.27. The van der Waals surface area contributed by atoms with Crippen molar-refractivity contribution in [3.05, 3.63) is 41.0 Å². The third-order valence-electron chi connectivity index (χ3n) is 2.42. The number of hydrogen-bond donors (Lipinski definition) is 2. The number of fused-ring (bicyclic) bond motifs is 1. The van der Waals surface area contributed by atoms with Crippen molar-refractivity contribution in [2.24, 2.45) is 5.84 Å². The van der Waals surface area contributed by atoms with Gasteiger partial charge in [-0.05, 0) is 11.4 Å². The maximum atomic E-state index is 5.68. The van der Waals surface area contributed by atoms with Gasteiger partial charge in [0.1, 0.15) is 6.61 Å². The standard InChI is InChI=1S/C11H11N5OS/c12-15-9-6-16-4-3-13-10(16)11(14-9)17-7-8-2-1-5-18-8/h1-6,15H,7,12H2. The van der Waals surface area contributed by atoms with Crippen LogP contribution in [0.2, 0.25) is 0 Å². The Balaban J connectivity index is 1.92. The maximum absolute atomic E-state index is 5.68. The number of imidazole rings is 1. The number of aromatic nitrogens is 3. The summed E-state index contributed by atoms with van der Waals surface area (Å²) in [4.78, 5) is 9.59.